The fourth-order valence-electron chi connectivity index (χ4n) is 3.40. The van der Waals surface area contributed by atoms with Gasteiger partial charge in [0.1, 0.15) is 17.2 Å². The molecule has 36 heavy (non-hydrogen) atoms. The number of ether oxygens (including phenoxy) is 2. The van der Waals surface area contributed by atoms with E-state index in [1.165, 1.54) is 0 Å². The summed E-state index contributed by atoms with van der Waals surface area (Å²) in [6.45, 7) is 3.34. The van der Waals surface area contributed by atoms with Gasteiger partial charge in [-0.05, 0) is 72.1 Å². The van der Waals surface area contributed by atoms with Crippen LogP contribution in [0.25, 0.3) is 10.8 Å². The molecule has 4 aromatic carbocycles. The Kier molecular flexibility index (Phi) is 11.2. The Morgan fingerprint density at radius 1 is 0.639 bits per heavy atom. The van der Waals surface area contributed by atoms with Gasteiger partial charge in [-0.25, -0.2) is 0 Å². The van der Waals surface area contributed by atoms with Gasteiger partial charge < -0.3 is 19.7 Å². The SMILES string of the molecule is CC(C(=O)O)c1cccc(Oc2ccccc2)c1.COc1ccc2cc(C(C)C(=O)O)ccc2c1.[CaH2]. The van der Waals surface area contributed by atoms with Crippen molar-refractivity contribution in [3.63, 3.8) is 0 Å². The molecule has 0 radical (unpaired) electrons. The zero-order valence-electron chi connectivity index (χ0n) is 19.8. The summed E-state index contributed by atoms with van der Waals surface area (Å²) in [5.41, 5.74) is 1.55. The molecule has 0 spiro atoms. The first kappa shape index (κ1) is 29.2. The Bertz CT molecular complexity index is 1310. The Hall–Kier alpha value is -3.06. The van der Waals surface area contributed by atoms with Crippen LogP contribution in [0.2, 0.25) is 0 Å². The van der Waals surface area contributed by atoms with E-state index < -0.39 is 23.8 Å². The van der Waals surface area contributed by atoms with Crippen LogP contribution in [0.3, 0.4) is 0 Å². The fourth-order valence-corrected chi connectivity index (χ4v) is 3.40. The van der Waals surface area contributed by atoms with E-state index in [2.05, 4.69) is 0 Å². The normalized spacial score (nSPS) is 11.8. The topological polar surface area (TPSA) is 93.1 Å². The van der Waals surface area contributed by atoms with Crippen molar-refractivity contribution < 1.29 is 29.3 Å². The molecule has 2 unspecified atom stereocenters. The number of fused-ring (bicyclic) bond motifs is 1. The maximum atomic E-state index is 10.9. The zero-order valence-corrected chi connectivity index (χ0v) is 19.8. The van der Waals surface area contributed by atoms with Gasteiger partial charge in [-0.15, -0.1) is 0 Å². The predicted octanol–water partition coefficient (Wildman–Crippen LogP) is 5.79. The molecule has 0 heterocycles. The summed E-state index contributed by atoms with van der Waals surface area (Å²) in [5.74, 6) is -0.489. The summed E-state index contributed by atoms with van der Waals surface area (Å²) >= 11 is 0. The second-order valence-electron chi connectivity index (χ2n) is 8.08. The van der Waals surface area contributed by atoms with Crippen molar-refractivity contribution in [3.8, 4) is 17.2 Å². The first-order valence-electron chi connectivity index (χ1n) is 11.1. The molecule has 0 aliphatic rings. The Labute approximate surface area is 240 Å². The first-order chi connectivity index (χ1) is 16.8. The van der Waals surface area contributed by atoms with E-state index in [0.29, 0.717) is 5.75 Å². The Morgan fingerprint density at radius 2 is 1.19 bits per heavy atom. The number of benzene rings is 4. The zero-order chi connectivity index (χ0) is 25.4. The third-order valence-electron chi connectivity index (χ3n) is 5.65. The molecule has 0 amide bonds. The molecule has 0 fully saturated rings. The molecule has 2 N–H and O–H groups in total. The molecule has 4 aromatic rings. The molecule has 0 saturated carbocycles. The monoisotopic (exact) mass is 514 g/mol. The molecule has 0 aliphatic carbocycles. The van der Waals surface area contributed by atoms with Crippen molar-refractivity contribution in [1.29, 1.82) is 0 Å². The van der Waals surface area contributed by atoms with E-state index in [1.807, 2.05) is 72.8 Å². The maximum absolute atomic E-state index is 10.9. The number of carbonyl (C=O) groups is 2. The van der Waals surface area contributed by atoms with Crippen LogP contribution in [0.15, 0.2) is 91.0 Å². The summed E-state index contributed by atoms with van der Waals surface area (Å²) in [7, 11) is 1.63. The van der Waals surface area contributed by atoms with Crippen LogP contribution in [0.1, 0.15) is 36.8 Å². The van der Waals surface area contributed by atoms with Gasteiger partial charge in [0, 0.05) is 0 Å². The van der Waals surface area contributed by atoms with Crippen molar-refractivity contribution in [2.75, 3.05) is 7.11 Å². The van der Waals surface area contributed by atoms with Crippen molar-refractivity contribution in [1.82, 2.24) is 0 Å². The molecule has 0 saturated heterocycles. The van der Waals surface area contributed by atoms with Gasteiger partial charge >= 0.3 is 49.7 Å². The minimum atomic E-state index is -0.841. The number of rotatable bonds is 7. The van der Waals surface area contributed by atoms with Gasteiger partial charge in [0.15, 0.2) is 0 Å². The third-order valence-corrected chi connectivity index (χ3v) is 5.65. The first-order valence-corrected chi connectivity index (χ1v) is 11.1. The van der Waals surface area contributed by atoms with E-state index in [-0.39, 0.29) is 37.7 Å². The van der Waals surface area contributed by atoms with Gasteiger partial charge in [-0.1, -0.05) is 54.6 Å². The summed E-state index contributed by atoms with van der Waals surface area (Å²) in [5, 5.41) is 20.0. The quantitative estimate of drug-likeness (QED) is 0.303. The number of carboxylic acid groups (broad SMARTS) is 2. The number of methoxy groups -OCH3 is 1. The molecular formula is C29H30CaO6. The summed E-state index contributed by atoms with van der Waals surface area (Å²) in [4.78, 5) is 21.8. The standard InChI is InChI=1S/C15H14O3.C14H14O3.Ca.2H/c1-11(15(16)17)12-6-5-9-14(10-12)18-13-7-3-2-4-8-13;1-9(14(15)16)10-3-4-12-8-13(17-2)6-5-11(12)7-10;;;/h2-11H,1H3,(H,16,17);3-9H,1-2H3,(H,15,16);;;. The molecule has 4 rings (SSSR count). The third kappa shape index (κ3) is 7.98. The Balaban J connectivity index is 0.000000247. The second-order valence-corrected chi connectivity index (χ2v) is 8.08. The van der Waals surface area contributed by atoms with E-state index in [1.54, 1.807) is 39.2 Å². The van der Waals surface area contributed by atoms with Crippen molar-refractivity contribution in [2.24, 2.45) is 0 Å². The van der Waals surface area contributed by atoms with Crippen molar-refractivity contribution in [3.05, 3.63) is 102 Å². The van der Waals surface area contributed by atoms with Crippen LogP contribution in [0, 0.1) is 0 Å². The van der Waals surface area contributed by atoms with Gasteiger partial charge in [-0.2, -0.15) is 0 Å². The number of aliphatic carboxylic acids is 2. The van der Waals surface area contributed by atoms with Gasteiger partial charge in [-0.3, -0.25) is 9.59 Å². The van der Waals surface area contributed by atoms with Crippen molar-refractivity contribution in [2.45, 2.75) is 25.7 Å². The number of hydrogen-bond donors (Lipinski definition) is 2. The van der Waals surface area contributed by atoms with Crippen molar-refractivity contribution >= 4 is 60.4 Å². The molecule has 0 aliphatic heterocycles. The molecule has 184 valence electrons. The van der Waals surface area contributed by atoms with Crippen LogP contribution in [0.4, 0.5) is 0 Å². The summed E-state index contributed by atoms with van der Waals surface area (Å²) in [6.07, 6.45) is 0. The van der Waals surface area contributed by atoms with E-state index in [4.69, 9.17) is 19.7 Å². The van der Waals surface area contributed by atoms with E-state index >= 15 is 0 Å². The van der Waals surface area contributed by atoms with E-state index in [0.717, 1.165) is 33.4 Å². The minimum absolute atomic E-state index is 0. The average Bonchev–Trinajstić information content (AvgIpc) is 2.88. The number of carboxylic acids is 2. The summed E-state index contributed by atoms with van der Waals surface area (Å²) in [6, 6.07) is 28.0. The number of para-hydroxylation sites is 1. The predicted molar refractivity (Wildman–Crippen MR) is 144 cm³/mol. The molecule has 7 heteroatoms. The molecule has 0 aromatic heterocycles. The van der Waals surface area contributed by atoms with Crippen LogP contribution in [0.5, 0.6) is 17.2 Å². The van der Waals surface area contributed by atoms with Crippen LogP contribution >= 0.6 is 0 Å². The second kappa shape index (κ2) is 13.9. The number of hydrogen-bond acceptors (Lipinski definition) is 4. The van der Waals surface area contributed by atoms with Crippen LogP contribution < -0.4 is 9.47 Å². The molecular weight excluding hydrogens is 484 g/mol. The van der Waals surface area contributed by atoms with Crippen LogP contribution in [-0.2, 0) is 9.59 Å². The van der Waals surface area contributed by atoms with Gasteiger partial charge in [0.2, 0.25) is 0 Å². The Morgan fingerprint density at radius 3 is 1.81 bits per heavy atom. The molecule has 0 bridgehead atoms. The average molecular weight is 515 g/mol. The van der Waals surface area contributed by atoms with E-state index in [9.17, 15) is 9.59 Å². The van der Waals surface area contributed by atoms with Gasteiger partial charge in [0.25, 0.3) is 0 Å². The fraction of sp³-hybridized carbons (Fsp3) is 0.172. The van der Waals surface area contributed by atoms with Crippen LogP contribution in [-0.4, -0.2) is 67.0 Å². The van der Waals surface area contributed by atoms with Gasteiger partial charge in [0.05, 0.1) is 18.9 Å². The molecule has 6 nitrogen and oxygen atoms in total. The molecule has 2 atom stereocenters. The summed E-state index contributed by atoms with van der Waals surface area (Å²) < 4.78 is 10.8.